The molecule has 1 amide bonds. The van der Waals surface area contributed by atoms with Crippen LogP contribution in [0.1, 0.15) is 22.8 Å². The van der Waals surface area contributed by atoms with E-state index in [-0.39, 0.29) is 17.1 Å². The Balaban J connectivity index is 1.64. The molecule has 3 aromatic carbocycles. The first-order chi connectivity index (χ1) is 16.7. The second kappa shape index (κ2) is 11.4. The van der Waals surface area contributed by atoms with Crippen LogP contribution in [0.3, 0.4) is 0 Å². The van der Waals surface area contributed by atoms with Gasteiger partial charge < -0.3 is 19.5 Å². The summed E-state index contributed by atoms with van der Waals surface area (Å²) in [6.45, 7) is 3.72. The Bertz CT molecular complexity index is 1310. The minimum absolute atomic E-state index is 0.0488. The summed E-state index contributed by atoms with van der Waals surface area (Å²) in [7, 11) is -2.58. The van der Waals surface area contributed by atoms with E-state index in [2.05, 4.69) is 10.0 Å². The van der Waals surface area contributed by atoms with Gasteiger partial charge in [0.1, 0.15) is 11.5 Å². The maximum Gasteiger partial charge on any atom is 0.339 e. The molecule has 0 saturated heterocycles. The summed E-state index contributed by atoms with van der Waals surface area (Å²) in [5.74, 6) is -0.0741. The number of carbonyl (C=O) groups excluding carboxylic acids is 2. The average molecular weight is 499 g/mol. The van der Waals surface area contributed by atoms with Gasteiger partial charge in [0.15, 0.2) is 6.61 Å². The lowest BCUT2D eigenvalue weighted by Crippen LogP contribution is -2.22. The third-order valence-electron chi connectivity index (χ3n) is 4.84. The number of benzene rings is 3. The molecule has 184 valence electrons. The van der Waals surface area contributed by atoms with Crippen molar-refractivity contribution in [1.29, 1.82) is 0 Å². The summed E-state index contributed by atoms with van der Waals surface area (Å²) in [6.07, 6.45) is 0. The number of amides is 1. The number of esters is 1. The van der Waals surface area contributed by atoms with Crippen molar-refractivity contribution in [1.82, 2.24) is 0 Å². The highest BCUT2D eigenvalue weighted by molar-refractivity contribution is 7.92. The number of methoxy groups -OCH3 is 1. The summed E-state index contributed by atoms with van der Waals surface area (Å²) >= 11 is 0. The molecule has 0 bridgehead atoms. The van der Waals surface area contributed by atoms with Crippen LogP contribution >= 0.6 is 0 Å². The van der Waals surface area contributed by atoms with Crippen molar-refractivity contribution < 1.29 is 32.2 Å². The number of anilines is 2. The molecule has 0 aromatic heterocycles. The molecule has 0 saturated carbocycles. The third kappa shape index (κ3) is 6.73. The molecule has 0 fully saturated rings. The number of rotatable bonds is 10. The van der Waals surface area contributed by atoms with E-state index in [1.807, 2.05) is 6.92 Å². The van der Waals surface area contributed by atoms with Gasteiger partial charge in [-0.05, 0) is 74.0 Å². The molecule has 0 heterocycles. The summed E-state index contributed by atoms with van der Waals surface area (Å²) in [6, 6.07) is 17.4. The summed E-state index contributed by atoms with van der Waals surface area (Å²) in [5, 5.41) is 2.61. The summed E-state index contributed by atoms with van der Waals surface area (Å²) in [5.41, 5.74) is 1.44. The SMILES string of the molecule is CCOc1ccc(NS(=O)(=O)c2ccc(OCC(=O)Nc3ccccc3C(=O)OC)c(C)c2)cc1. The van der Waals surface area contributed by atoms with Gasteiger partial charge >= 0.3 is 5.97 Å². The number of nitrogens with one attached hydrogen (secondary N) is 2. The Labute approximate surface area is 204 Å². The molecule has 0 unspecified atom stereocenters. The second-order valence-corrected chi connectivity index (χ2v) is 9.05. The van der Waals surface area contributed by atoms with E-state index < -0.39 is 21.9 Å². The predicted molar refractivity (Wildman–Crippen MR) is 132 cm³/mol. The van der Waals surface area contributed by atoms with Gasteiger partial charge in [0.25, 0.3) is 15.9 Å². The van der Waals surface area contributed by atoms with Crippen molar-refractivity contribution in [2.75, 3.05) is 30.4 Å². The lowest BCUT2D eigenvalue weighted by molar-refractivity contribution is -0.118. The van der Waals surface area contributed by atoms with Gasteiger partial charge in [0, 0.05) is 5.69 Å². The number of hydrogen-bond donors (Lipinski definition) is 2. The van der Waals surface area contributed by atoms with E-state index in [4.69, 9.17) is 14.2 Å². The quantitative estimate of drug-likeness (QED) is 0.406. The Morgan fingerprint density at radius 2 is 1.66 bits per heavy atom. The molecule has 0 radical (unpaired) electrons. The van der Waals surface area contributed by atoms with Gasteiger partial charge in [-0.25, -0.2) is 13.2 Å². The van der Waals surface area contributed by atoms with Crippen LogP contribution in [0.15, 0.2) is 71.6 Å². The number of ether oxygens (including phenoxy) is 3. The third-order valence-corrected chi connectivity index (χ3v) is 6.22. The van der Waals surface area contributed by atoms with E-state index in [0.717, 1.165) is 0 Å². The molecular weight excluding hydrogens is 472 g/mol. The fourth-order valence-corrected chi connectivity index (χ4v) is 4.30. The maximum absolute atomic E-state index is 12.8. The minimum Gasteiger partial charge on any atom is -0.494 e. The number of hydrogen-bond acceptors (Lipinski definition) is 7. The molecular formula is C25H26N2O7S. The first-order valence-electron chi connectivity index (χ1n) is 10.7. The number of para-hydroxylation sites is 1. The van der Waals surface area contributed by atoms with Crippen molar-refractivity contribution in [3.63, 3.8) is 0 Å². The van der Waals surface area contributed by atoms with Crippen molar-refractivity contribution in [3.05, 3.63) is 77.9 Å². The molecule has 3 rings (SSSR count). The van der Waals surface area contributed by atoms with Crippen LogP contribution < -0.4 is 19.5 Å². The molecule has 2 N–H and O–H groups in total. The standard InChI is InChI=1S/C25H26N2O7S/c1-4-33-19-11-9-18(10-12-19)27-35(30,31)20-13-14-23(17(2)15-20)34-16-24(28)26-22-8-6-5-7-21(22)25(29)32-3/h5-15,27H,4,16H2,1-3H3,(H,26,28). The van der Waals surface area contributed by atoms with Gasteiger partial charge in [-0.3, -0.25) is 9.52 Å². The molecule has 0 spiro atoms. The summed E-state index contributed by atoms with van der Waals surface area (Å²) < 4.78 is 43.7. The van der Waals surface area contributed by atoms with Gasteiger partial charge in [-0.2, -0.15) is 0 Å². The highest BCUT2D eigenvalue weighted by Gasteiger charge is 2.17. The van der Waals surface area contributed by atoms with Crippen LogP contribution in [0, 0.1) is 6.92 Å². The van der Waals surface area contributed by atoms with Gasteiger partial charge in [-0.1, -0.05) is 12.1 Å². The Morgan fingerprint density at radius 1 is 0.943 bits per heavy atom. The van der Waals surface area contributed by atoms with Crippen molar-refractivity contribution >= 4 is 33.3 Å². The van der Waals surface area contributed by atoms with Crippen molar-refractivity contribution in [2.45, 2.75) is 18.7 Å². The highest BCUT2D eigenvalue weighted by Crippen LogP contribution is 2.25. The minimum atomic E-state index is -3.83. The lowest BCUT2D eigenvalue weighted by Gasteiger charge is -2.13. The molecule has 10 heteroatoms. The zero-order valence-electron chi connectivity index (χ0n) is 19.5. The normalized spacial score (nSPS) is 10.8. The fourth-order valence-electron chi connectivity index (χ4n) is 3.16. The van der Waals surface area contributed by atoms with E-state index >= 15 is 0 Å². The topological polar surface area (TPSA) is 120 Å². The second-order valence-electron chi connectivity index (χ2n) is 7.36. The monoisotopic (exact) mass is 498 g/mol. The van der Waals surface area contributed by atoms with Gasteiger partial charge in [-0.15, -0.1) is 0 Å². The maximum atomic E-state index is 12.8. The molecule has 3 aromatic rings. The van der Waals surface area contributed by atoms with Crippen molar-refractivity contribution in [2.24, 2.45) is 0 Å². The van der Waals surface area contributed by atoms with Crippen LogP contribution in [0.2, 0.25) is 0 Å². The Hall–Kier alpha value is -4.05. The number of carbonyl (C=O) groups is 2. The molecule has 0 aliphatic rings. The van der Waals surface area contributed by atoms with Crippen LogP contribution in [-0.4, -0.2) is 40.6 Å². The highest BCUT2D eigenvalue weighted by atomic mass is 32.2. The lowest BCUT2D eigenvalue weighted by atomic mass is 10.2. The zero-order chi connectivity index (χ0) is 25.4. The molecule has 9 nitrogen and oxygen atoms in total. The Morgan fingerprint density at radius 3 is 2.31 bits per heavy atom. The molecule has 35 heavy (non-hydrogen) atoms. The average Bonchev–Trinajstić information content (AvgIpc) is 2.84. The number of sulfonamides is 1. The van der Waals surface area contributed by atoms with Gasteiger partial charge in [0.05, 0.1) is 29.9 Å². The van der Waals surface area contributed by atoms with E-state index in [9.17, 15) is 18.0 Å². The first kappa shape index (κ1) is 25.6. The first-order valence-corrected chi connectivity index (χ1v) is 12.2. The molecule has 0 atom stereocenters. The van der Waals surface area contributed by atoms with E-state index in [1.54, 1.807) is 49.4 Å². The zero-order valence-corrected chi connectivity index (χ0v) is 20.3. The van der Waals surface area contributed by atoms with Gasteiger partial charge in [0.2, 0.25) is 0 Å². The van der Waals surface area contributed by atoms with E-state index in [1.165, 1.54) is 31.4 Å². The van der Waals surface area contributed by atoms with Crippen molar-refractivity contribution in [3.8, 4) is 11.5 Å². The largest absolute Gasteiger partial charge is 0.494 e. The van der Waals surface area contributed by atoms with E-state index in [0.29, 0.717) is 35.0 Å². The van der Waals surface area contributed by atoms with Crippen LogP contribution in [0.4, 0.5) is 11.4 Å². The fraction of sp³-hybridized carbons (Fsp3) is 0.200. The van der Waals surface area contributed by atoms with Crippen LogP contribution in [0.25, 0.3) is 0 Å². The van der Waals surface area contributed by atoms with Crippen LogP contribution in [0.5, 0.6) is 11.5 Å². The number of aryl methyl sites for hydroxylation is 1. The molecule has 0 aliphatic carbocycles. The van der Waals surface area contributed by atoms with Crippen LogP contribution in [-0.2, 0) is 19.6 Å². The predicted octanol–water partition coefficient (Wildman–Crippen LogP) is 4.00. The summed E-state index contributed by atoms with van der Waals surface area (Å²) in [4.78, 5) is 24.2. The molecule has 0 aliphatic heterocycles. The smallest absolute Gasteiger partial charge is 0.339 e. The Kier molecular flexibility index (Phi) is 8.32.